The Labute approximate surface area is 99.8 Å². The number of pyridine rings is 1. The number of alkyl halides is 3. The van der Waals surface area contributed by atoms with Gasteiger partial charge in [0.15, 0.2) is 0 Å². The van der Waals surface area contributed by atoms with Crippen molar-refractivity contribution in [3.8, 4) is 0 Å². The van der Waals surface area contributed by atoms with Crippen LogP contribution in [0.5, 0.6) is 0 Å². The van der Waals surface area contributed by atoms with Crippen molar-refractivity contribution in [2.75, 3.05) is 0 Å². The maximum atomic E-state index is 12.7. The monoisotopic (exact) mass is 251 g/mol. The lowest BCUT2D eigenvalue weighted by Gasteiger charge is -2.19. The van der Waals surface area contributed by atoms with Gasteiger partial charge in [-0.25, -0.2) is 0 Å². The summed E-state index contributed by atoms with van der Waals surface area (Å²) >= 11 is 0. The fraction of sp³-hybridized carbons (Fsp3) is 0.154. The zero-order chi connectivity index (χ0) is 13.1. The average molecular weight is 251 g/mol. The molecule has 0 radical (unpaired) electrons. The Hall–Kier alpha value is -2.04. The number of hydrogen-bond acceptors (Lipinski definition) is 1. The first-order chi connectivity index (χ1) is 8.38. The Kier molecular flexibility index (Phi) is 2.00. The van der Waals surface area contributed by atoms with Gasteiger partial charge in [-0.2, -0.15) is 13.2 Å². The molecule has 0 saturated heterocycles. The third-order valence-electron chi connectivity index (χ3n) is 3.13. The summed E-state index contributed by atoms with van der Waals surface area (Å²) in [6, 6.07) is 3.36. The molecule has 1 aliphatic rings. The molecule has 0 saturated carbocycles. The fourth-order valence-corrected chi connectivity index (χ4v) is 2.26. The average Bonchev–Trinajstić information content (AvgIpc) is 2.25. The van der Waals surface area contributed by atoms with Crippen molar-refractivity contribution in [2.24, 2.45) is 0 Å². The molecule has 5 heteroatoms. The van der Waals surface area contributed by atoms with Gasteiger partial charge in [-0.3, -0.25) is 4.79 Å². The van der Waals surface area contributed by atoms with Crippen LogP contribution in [-0.2, 0) is 6.18 Å². The summed E-state index contributed by atoms with van der Waals surface area (Å²) in [5, 5.41) is 0.444. The maximum absolute atomic E-state index is 12.7. The van der Waals surface area contributed by atoms with Crippen molar-refractivity contribution < 1.29 is 13.2 Å². The van der Waals surface area contributed by atoms with Gasteiger partial charge in [0.1, 0.15) is 0 Å². The SMILES string of the molecule is CC1=Cc2c1c1cc(C(F)(F)F)ccc1[nH]c2=O. The van der Waals surface area contributed by atoms with E-state index in [9.17, 15) is 18.0 Å². The van der Waals surface area contributed by atoms with E-state index in [1.807, 2.05) is 0 Å². The highest BCUT2D eigenvalue weighted by atomic mass is 19.4. The number of benzene rings is 1. The summed E-state index contributed by atoms with van der Waals surface area (Å²) < 4.78 is 38.0. The highest BCUT2D eigenvalue weighted by Gasteiger charge is 2.31. The Morgan fingerprint density at radius 3 is 2.56 bits per heavy atom. The lowest BCUT2D eigenvalue weighted by atomic mass is 9.87. The molecule has 2 aromatic rings. The number of fused-ring (bicyclic) bond motifs is 3. The molecule has 0 unspecified atom stereocenters. The number of allylic oxidation sites excluding steroid dienone is 1. The van der Waals surface area contributed by atoms with E-state index in [1.54, 1.807) is 13.0 Å². The van der Waals surface area contributed by atoms with Crippen LogP contribution >= 0.6 is 0 Å². The van der Waals surface area contributed by atoms with Gasteiger partial charge >= 0.3 is 6.18 Å². The molecular weight excluding hydrogens is 243 g/mol. The quantitative estimate of drug-likeness (QED) is 0.764. The van der Waals surface area contributed by atoms with E-state index in [2.05, 4.69) is 4.98 Å². The van der Waals surface area contributed by atoms with Crippen molar-refractivity contribution in [3.63, 3.8) is 0 Å². The van der Waals surface area contributed by atoms with Crippen LogP contribution in [0.1, 0.15) is 23.6 Å². The molecule has 0 atom stereocenters. The van der Waals surface area contributed by atoms with Crippen LogP contribution in [0.15, 0.2) is 23.0 Å². The van der Waals surface area contributed by atoms with Crippen molar-refractivity contribution in [1.82, 2.24) is 4.98 Å². The van der Waals surface area contributed by atoms with E-state index in [4.69, 9.17) is 0 Å². The van der Waals surface area contributed by atoms with Gasteiger partial charge in [-0.1, -0.05) is 0 Å². The second-order valence-electron chi connectivity index (χ2n) is 4.33. The van der Waals surface area contributed by atoms with Gasteiger partial charge < -0.3 is 4.98 Å². The molecule has 1 heterocycles. The van der Waals surface area contributed by atoms with Gasteiger partial charge in [0.05, 0.1) is 5.56 Å². The Morgan fingerprint density at radius 1 is 1.22 bits per heavy atom. The molecule has 1 N–H and O–H groups in total. The first-order valence-electron chi connectivity index (χ1n) is 5.34. The van der Waals surface area contributed by atoms with Gasteiger partial charge in [0, 0.05) is 16.5 Å². The molecule has 0 fully saturated rings. The van der Waals surface area contributed by atoms with E-state index in [0.29, 0.717) is 22.0 Å². The van der Waals surface area contributed by atoms with Gasteiger partial charge in [0.25, 0.3) is 5.56 Å². The zero-order valence-corrected chi connectivity index (χ0v) is 9.35. The highest BCUT2D eigenvalue weighted by Crippen LogP contribution is 2.37. The zero-order valence-electron chi connectivity index (χ0n) is 9.35. The molecule has 18 heavy (non-hydrogen) atoms. The lowest BCUT2D eigenvalue weighted by Crippen LogP contribution is -2.17. The number of nitrogens with one attached hydrogen (secondary N) is 1. The first-order valence-corrected chi connectivity index (χ1v) is 5.34. The maximum Gasteiger partial charge on any atom is 0.416 e. The van der Waals surface area contributed by atoms with E-state index in [-0.39, 0.29) is 5.56 Å². The molecule has 1 aromatic heterocycles. The third-order valence-corrected chi connectivity index (χ3v) is 3.13. The summed E-state index contributed by atoms with van der Waals surface area (Å²) in [6.45, 7) is 1.78. The van der Waals surface area contributed by atoms with Crippen LogP contribution in [0.2, 0.25) is 0 Å². The van der Waals surface area contributed by atoms with Crippen LogP contribution in [0.3, 0.4) is 0 Å². The van der Waals surface area contributed by atoms with Gasteiger partial charge in [-0.05, 0) is 42.3 Å². The predicted octanol–water partition coefficient (Wildman–Crippen LogP) is 3.42. The first kappa shape index (κ1) is 11.1. The van der Waals surface area contributed by atoms with Gasteiger partial charge in [-0.15, -0.1) is 0 Å². The number of rotatable bonds is 0. The smallest absolute Gasteiger partial charge is 0.321 e. The minimum Gasteiger partial charge on any atom is -0.321 e. The predicted molar refractivity (Wildman–Crippen MR) is 63.1 cm³/mol. The molecule has 92 valence electrons. The van der Waals surface area contributed by atoms with Crippen molar-refractivity contribution in [3.05, 3.63) is 45.2 Å². The van der Waals surface area contributed by atoms with Crippen LogP contribution in [0, 0.1) is 0 Å². The number of halogens is 3. The van der Waals surface area contributed by atoms with E-state index >= 15 is 0 Å². The fourth-order valence-electron chi connectivity index (χ4n) is 2.26. The minimum absolute atomic E-state index is 0.261. The summed E-state index contributed by atoms with van der Waals surface area (Å²) in [4.78, 5) is 14.2. The van der Waals surface area contributed by atoms with Crippen molar-refractivity contribution in [2.45, 2.75) is 13.1 Å². The van der Waals surface area contributed by atoms with Gasteiger partial charge in [0.2, 0.25) is 0 Å². The second kappa shape index (κ2) is 3.25. The summed E-state index contributed by atoms with van der Waals surface area (Å²) in [6.07, 6.45) is -2.70. The topological polar surface area (TPSA) is 32.9 Å². The highest BCUT2D eigenvalue weighted by molar-refractivity contribution is 6.05. The van der Waals surface area contributed by atoms with E-state index < -0.39 is 11.7 Å². The molecular formula is C13H8F3NO. The number of aromatic amines is 1. The van der Waals surface area contributed by atoms with E-state index in [1.165, 1.54) is 6.07 Å². The Morgan fingerprint density at radius 2 is 1.94 bits per heavy atom. The summed E-state index contributed by atoms with van der Waals surface area (Å²) in [5.41, 5.74) is 1.38. The summed E-state index contributed by atoms with van der Waals surface area (Å²) in [7, 11) is 0. The van der Waals surface area contributed by atoms with Crippen LogP contribution in [0.25, 0.3) is 22.6 Å². The molecule has 0 spiro atoms. The molecule has 1 aliphatic carbocycles. The van der Waals surface area contributed by atoms with Crippen LogP contribution < -0.4 is 5.56 Å². The Bertz CT molecular complexity index is 753. The Balaban J connectivity index is 2.37. The van der Waals surface area contributed by atoms with Crippen molar-refractivity contribution in [1.29, 1.82) is 0 Å². The van der Waals surface area contributed by atoms with E-state index in [0.717, 1.165) is 17.7 Å². The largest absolute Gasteiger partial charge is 0.416 e. The molecule has 2 nitrogen and oxygen atoms in total. The number of hydrogen-bond donors (Lipinski definition) is 1. The standard InChI is InChI=1S/C13H8F3NO/c1-6-4-9-11(6)8-5-7(13(14,15)16)2-3-10(8)17-12(9)18/h2-5H,1H3,(H,17,18). The molecule has 0 aliphatic heterocycles. The van der Waals surface area contributed by atoms with Crippen molar-refractivity contribution >= 4 is 22.6 Å². The molecule has 3 rings (SSSR count). The third kappa shape index (κ3) is 1.40. The normalized spacial score (nSPS) is 14.1. The minimum atomic E-state index is -4.38. The molecule has 0 amide bonds. The van der Waals surface area contributed by atoms with Crippen LogP contribution in [-0.4, -0.2) is 4.98 Å². The van der Waals surface area contributed by atoms with Crippen LogP contribution in [0.4, 0.5) is 13.2 Å². The number of H-pyrrole nitrogens is 1. The molecule has 1 aromatic carbocycles. The molecule has 0 bridgehead atoms. The second-order valence-corrected chi connectivity index (χ2v) is 4.33. The number of aromatic nitrogens is 1. The summed E-state index contributed by atoms with van der Waals surface area (Å²) in [5.74, 6) is 0. The lowest BCUT2D eigenvalue weighted by molar-refractivity contribution is -0.137.